The van der Waals surface area contributed by atoms with Gasteiger partial charge in [-0.3, -0.25) is 0 Å². The molecule has 1 fully saturated rings. The van der Waals surface area contributed by atoms with Crippen LogP contribution in [0.3, 0.4) is 0 Å². The summed E-state index contributed by atoms with van der Waals surface area (Å²) < 4.78 is 0. The van der Waals surface area contributed by atoms with E-state index < -0.39 is 0 Å². The molecule has 10 heavy (non-hydrogen) atoms. The van der Waals surface area contributed by atoms with Crippen LogP contribution in [0.2, 0.25) is 0 Å². The summed E-state index contributed by atoms with van der Waals surface area (Å²) in [5.41, 5.74) is 0.315. The van der Waals surface area contributed by atoms with Crippen molar-refractivity contribution in [2.45, 2.75) is 38.1 Å². The lowest BCUT2D eigenvalue weighted by atomic mass is 10.0. The SMILES string of the molecule is CCC(O)C1C(Br)C1(C)C. The molecule has 1 aliphatic rings. The first kappa shape index (κ1) is 8.54. The lowest BCUT2D eigenvalue weighted by Gasteiger charge is -2.07. The van der Waals surface area contributed by atoms with Crippen molar-refractivity contribution < 1.29 is 5.11 Å². The van der Waals surface area contributed by atoms with Crippen LogP contribution in [0.15, 0.2) is 0 Å². The lowest BCUT2D eigenvalue weighted by molar-refractivity contribution is 0.133. The highest BCUT2D eigenvalue weighted by atomic mass is 79.9. The van der Waals surface area contributed by atoms with E-state index in [0.29, 0.717) is 16.2 Å². The van der Waals surface area contributed by atoms with Crippen molar-refractivity contribution in [2.75, 3.05) is 0 Å². The normalized spacial score (nSPS) is 39.3. The third kappa shape index (κ3) is 1.12. The summed E-state index contributed by atoms with van der Waals surface area (Å²) in [4.78, 5) is 0.523. The zero-order valence-corrected chi connectivity index (χ0v) is 8.35. The second-order valence-electron chi connectivity index (χ2n) is 3.72. The molecular formula is C8H15BrO. The highest BCUT2D eigenvalue weighted by Crippen LogP contribution is 2.58. The van der Waals surface area contributed by atoms with E-state index in [4.69, 9.17) is 0 Å². The lowest BCUT2D eigenvalue weighted by Crippen LogP contribution is -2.11. The van der Waals surface area contributed by atoms with E-state index in [-0.39, 0.29) is 6.10 Å². The Morgan fingerprint density at radius 1 is 1.60 bits per heavy atom. The largest absolute Gasteiger partial charge is 0.393 e. The molecule has 0 aromatic rings. The molecule has 0 aromatic heterocycles. The van der Waals surface area contributed by atoms with Crippen molar-refractivity contribution in [3.8, 4) is 0 Å². The minimum absolute atomic E-state index is 0.112. The first-order chi connectivity index (χ1) is 4.51. The number of aliphatic hydroxyl groups excluding tert-OH is 1. The first-order valence-electron chi connectivity index (χ1n) is 3.84. The fourth-order valence-corrected chi connectivity index (χ4v) is 2.74. The molecule has 3 unspecified atom stereocenters. The molecule has 0 aromatic carbocycles. The number of hydrogen-bond acceptors (Lipinski definition) is 1. The van der Waals surface area contributed by atoms with E-state index in [1.165, 1.54) is 0 Å². The van der Waals surface area contributed by atoms with E-state index >= 15 is 0 Å². The van der Waals surface area contributed by atoms with E-state index in [9.17, 15) is 5.11 Å². The van der Waals surface area contributed by atoms with Gasteiger partial charge in [0.2, 0.25) is 0 Å². The zero-order chi connectivity index (χ0) is 7.94. The maximum absolute atomic E-state index is 9.47. The predicted octanol–water partition coefficient (Wildman–Crippen LogP) is 2.18. The van der Waals surface area contributed by atoms with Crippen LogP contribution in [0.1, 0.15) is 27.2 Å². The summed E-state index contributed by atoms with van der Waals surface area (Å²) in [6.07, 6.45) is 0.760. The second kappa shape index (κ2) is 2.49. The van der Waals surface area contributed by atoms with Crippen LogP contribution in [0.4, 0.5) is 0 Å². The maximum Gasteiger partial charge on any atom is 0.0582 e. The standard InChI is InChI=1S/C8H15BrO/c1-4-5(10)6-7(9)8(6,2)3/h5-7,10H,4H2,1-3H3. The van der Waals surface area contributed by atoms with Gasteiger partial charge in [0.1, 0.15) is 0 Å². The number of rotatable bonds is 2. The molecule has 0 amide bonds. The molecular weight excluding hydrogens is 192 g/mol. The molecule has 2 heteroatoms. The Hall–Kier alpha value is 0.440. The molecule has 0 spiro atoms. The fourth-order valence-electron chi connectivity index (χ4n) is 1.56. The molecule has 0 bridgehead atoms. The average molecular weight is 207 g/mol. The molecule has 3 atom stereocenters. The molecule has 0 heterocycles. The van der Waals surface area contributed by atoms with Crippen molar-refractivity contribution >= 4 is 15.9 Å². The monoisotopic (exact) mass is 206 g/mol. The summed E-state index contributed by atoms with van der Waals surface area (Å²) in [6, 6.07) is 0. The second-order valence-corrected chi connectivity index (χ2v) is 4.71. The molecule has 1 aliphatic carbocycles. The highest BCUT2D eigenvalue weighted by Gasteiger charge is 2.58. The van der Waals surface area contributed by atoms with E-state index in [1.807, 2.05) is 6.92 Å². The van der Waals surface area contributed by atoms with Crippen LogP contribution >= 0.6 is 15.9 Å². The average Bonchev–Trinajstić information content (AvgIpc) is 2.33. The van der Waals surface area contributed by atoms with Gasteiger partial charge in [-0.15, -0.1) is 0 Å². The van der Waals surface area contributed by atoms with Crippen LogP contribution in [0, 0.1) is 11.3 Å². The first-order valence-corrected chi connectivity index (χ1v) is 4.75. The minimum atomic E-state index is -0.112. The summed E-state index contributed by atoms with van der Waals surface area (Å²) >= 11 is 3.55. The predicted molar refractivity (Wildman–Crippen MR) is 46.3 cm³/mol. The number of alkyl halides is 1. The molecule has 0 saturated heterocycles. The van der Waals surface area contributed by atoms with Crippen LogP contribution in [-0.2, 0) is 0 Å². The van der Waals surface area contributed by atoms with Gasteiger partial charge in [-0.2, -0.15) is 0 Å². The summed E-state index contributed by atoms with van der Waals surface area (Å²) in [7, 11) is 0. The minimum Gasteiger partial charge on any atom is -0.393 e. The number of halogens is 1. The van der Waals surface area contributed by atoms with Gasteiger partial charge in [0.25, 0.3) is 0 Å². The van der Waals surface area contributed by atoms with Crippen molar-refractivity contribution in [3.63, 3.8) is 0 Å². The van der Waals surface area contributed by atoms with E-state index in [1.54, 1.807) is 0 Å². The Morgan fingerprint density at radius 3 is 2.10 bits per heavy atom. The molecule has 1 saturated carbocycles. The molecule has 60 valence electrons. The number of hydrogen-bond donors (Lipinski definition) is 1. The van der Waals surface area contributed by atoms with Crippen LogP contribution < -0.4 is 0 Å². The van der Waals surface area contributed by atoms with Gasteiger partial charge in [-0.25, -0.2) is 0 Å². The van der Waals surface area contributed by atoms with Crippen LogP contribution in [0.5, 0.6) is 0 Å². The summed E-state index contributed by atoms with van der Waals surface area (Å²) in [6.45, 7) is 6.41. The van der Waals surface area contributed by atoms with Gasteiger partial charge in [-0.05, 0) is 11.8 Å². The van der Waals surface area contributed by atoms with Gasteiger partial charge in [0, 0.05) is 10.7 Å². The van der Waals surface area contributed by atoms with Crippen LogP contribution in [0.25, 0.3) is 0 Å². The Labute approximate surface area is 70.9 Å². The fraction of sp³-hybridized carbons (Fsp3) is 1.00. The van der Waals surface area contributed by atoms with Gasteiger partial charge in [-0.1, -0.05) is 36.7 Å². The van der Waals surface area contributed by atoms with Crippen molar-refractivity contribution in [2.24, 2.45) is 11.3 Å². The van der Waals surface area contributed by atoms with Gasteiger partial charge in [0.05, 0.1) is 6.10 Å². The Balaban J connectivity index is 2.48. The van der Waals surface area contributed by atoms with Crippen LogP contribution in [-0.4, -0.2) is 16.0 Å². The molecule has 1 N–H and O–H groups in total. The molecule has 1 rings (SSSR count). The Morgan fingerprint density at radius 2 is 2.00 bits per heavy atom. The van der Waals surface area contributed by atoms with Gasteiger partial charge in [0.15, 0.2) is 0 Å². The van der Waals surface area contributed by atoms with Crippen molar-refractivity contribution in [1.82, 2.24) is 0 Å². The highest BCUT2D eigenvalue weighted by molar-refractivity contribution is 9.09. The maximum atomic E-state index is 9.47. The van der Waals surface area contributed by atoms with Gasteiger partial charge >= 0.3 is 0 Å². The van der Waals surface area contributed by atoms with Gasteiger partial charge < -0.3 is 5.11 Å². The van der Waals surface area contributed by atoms with Crippen molar-refractivity contribution in [3.05, 3.63) is 0 Å². The molecule has 0 aliphatic heterocycles. The molecule has 1 nitrogen and oxygen atoms in total. The Bertz CT molecular complexity index is 133. The van der Waals surface area contributed by atoms with E-state index in [2.05, 4.69) is 29.8 Å². The molecule has 0 radical (unpaired) electrons. The smallest absolute Gasteiger partial charge is 0.0582 e. The zero-order valence-electron chi connectivity index (χ0n) is 6.76. The topological polar surface area (TPSA) is 20.2 Å². The third-order valence-electron chi connectivity index (χ3n) is 2.61. The van der Waals surface area contributed by atoms with Crippen molar-refractivity contribution in [1.29, 1.82) is 0 Å². The third-order valence-corrected chi connectivity index (χ3v) is 4.36. The number of aliphatic hydroxyl groups is 1. The Kier molecular flexibility index (Phi) is 2.12. The quantitative estimate of drug-likeness (QED) is 0.688. The summed E-state index contributed by atoms with van der Waals surface area (Å²) in [5.74, 6) is 0.470. The summed E-state index contributed by atoms with van der Waals surface area (Å²) in [5, 5.41) is 9.47. The van der Waals surface area contributed by atoms with E-state index in [0.717, 1.165) is 6.42 Å².